The second kappa shape index (κ2) is 5.15. The molecule has 0 bridgehead atoms. The second-order valence-electron chi connectivity index (χ2n) is 3.47. The van der Waals surface area contributed by atoms with E-state index in [1.807, 2.05) is 32.0 Å². The molecule has 2 heterocycles. The van der Waals surface area contributed by atoms with Crippen molar-refractivity contribution in [1.29, 1.82) is 0 Å². The van der Waals surface area contributed by atoms with Crippen LogP contribution in [0.4, 0.5) is 0 Å². The molecular formula is C14H16N2S. The normalized spacial score (nSPS) is 10.1. The Kier molecular flexibility index (Phi) is 3.59. The van der Waals surface area contributed by atoms with Crippen molar-refractivity contribution < 1.29 is 0 Å². The summed E-state index contributed by atoms with van der Waals surface area (Å²) in [6.07, 6.45) is 2.06. The van der Waals surface area contributed by atoms with Crippen LogP contribution >= 0.6 is 11.3 Å². The summed E-state index contributed by atoms with van der Waals surface area (Å²) in [7, 11) is 0. The molecule has 3 rings (SSSR count). The average molecular weight is 244 g/mol. The maximum Gasteiger partial charge on any atom is 0.194 e. The molecule has 0 saturated carbocycles. The van der Waals surface area contributed by atoms with Crippen molar-refractivity contribution in [2.75, 3.05) is 0 Å². The van der Waals surface area contributed by atoms with E-state index in [0.717, 1.165) is 10.7 Å². The third kappa shape index (κ3) is 2.11. The summed E-state index contributed by atoms with van der Waals surface area (Å²) < 4.78 is 2.13. The Labute approximate surface area is 106 Å². The Hall–Kier alpha value is -1.61. The van der Waals surface area contributed by atoms with Crippen LogP contribution in [0.15, 0.2) is 41.9 Å². The molecule has 0 fully saturated rings. The van der Waals surface area contributed by atoms with Gasteiger partial charge in [-0.2, -0.15) is 0 Å². The van der Waals surface area contributed by atoms with Crippen LogP contribution in [0.5, 0.6) is 0 Å². The standard InChI is InChI=1S/C12H10N2S.C2H6/c1-9-11(10-5-3-2-4-6-10)13-12-14(9)7-8-15-12;1-2/h2-8H,1H3;1-2H3. The number of imidazole rings is 1. The van der Waals surface area contributed by atoms with E-state index in [2.05, 4.69) is 40.0 Å². The number of fused-ring (bicyclic) bond motifs is 1. The van der Waals surface area contributed by atoms with Crippen LogP contribution in [0.3, 0.4) is 0 Å². The monoisotopic (exact) mass is 244 g/mol. The first-order chi connectivity index (χ1) is 8.36. The van der Waals surface area contributed by atoms with Gasteiger partial charge in [-0.15, -0.1) is 11.3 Å². The Morgan fingerprint density at radius 2 is 1.82 bits per heavy atom. The smallest absolute Gasteiger partial charge is 0.194 e. The molecule has 3 heteroatoms. The minimum absolute atomic E-state index is 1.06. The van der Waals surface area contributed by atoms with E-state index in [-0.39, 0.29) is 0 Å². The summed E-state index contributed by atoms with van der Waals surface area (Å²) in [5.41, 5.74) is 3.48. The molecule has 2 nitrogen and oxygen atoms in total. The number of thiazole rings is 1. The van der Waals surface area contributed by atoms with Crippen LogP contribution < -0.4 is 0 Å². The fourth-order valence-electron chi connectivity index (χ4n) is 1.77. The molecule has 0 aliphatic carbocycles. The number of aromatic nitrogens is 2. The van der Waals surface area contributed by atoms with Crippen molar-refractivity contribution in [2.45, 2.75) is 20.8 Å². The highest BCUT2D eigenvalue weighted by atomic mass is 32.1. The summed E-state index contributed by atoms with van der Waals surface area (Å²) in [5, 5.41) is 2.06. The maximum absolute atomic E-state index is 4.62. The average Bonchev–Trinajstić information content (AvgIpc) is 2.97. The highest BCUT2D eigenvalue weighted by Gasteiger charge is 2.09. The highest BCUT2D eigenvalue weighted by molar-refractivity contribution is 7.15. The van der Waals surface area contributed by atoms with Gasteiger partial charge in [0.25, 0.3) is 0 Å². The van der Waals surface area contributed by atoms with Crippen molar-refractivity contribution in [1.82, 2.24) is 9.38 Å². The van der Waals surface area contributed by atoms with E-state index in [9.17, 15) is 0 Å². The Bertz CT molecular complexity index is 593. The van der Waals surface area contributed by atoms with E-state index in [1.54, 1.807) is 11.3 Å². The molecule has 1 aromatic carbocycles. The lowest BCUT2D eigenvalue weighted by Gasteiger charge is -1.97. The quantitative estimate of drug-likeness (QED) is 0.620. The summed E-state index contributed by atoms with van der Waals surface area (Å²) in [6.45, 7) is 6.11. The maximum atomic E-state index is 4.62. The summed E-state index contributed by atoms with van der Waals surface area (Å²) in [4.78, 5) is 5.69. The number of hydrogen-bond acceptors (Lipinski definition) is 2. The summed E-state index contributed by atoms with van der Waals surface area (Å²) in [6, 6.07) is 10.3. The molecule has 0 aliphatic rings. The van der Waals surface area contributed by atoms with Crippen LogP contribution in [-0.4, -0.2) is 9.38 Å². The topological polar surface area (TPSA) is 17.3 Å². The predicted octanol–water partition coefficient (Wildman–Crippen LogP) is 4.40. The number of aryl methyl sites for hydroxylation is 1. The zero-order valence-electron chi connectivity index (χ0n) is 10.3. The van der Waals surface area contributed by atoms with Gasteiger partial charge in [0, 0.05) is 22.8 Å². The van der Waals surface area contributed by atoms with Gasteiger partial charge < -0.3 is 0 Å². The molecule has 3 aromatic rings. The molecule has 0 radical (unpaired) electrons. The summed E-state index contributed by atoms with van der Waals surface area (Å²) >= 11 is 1.67. The Morgan fingerprint density at radius 3 is 2.47 bits per heavy atom. The van der Waals surface area contributed by atoms with Gasteiger partial charge in [-0.25, -0.2) is 4.98 Å². The largest absolute Gasteiger partial charge is 0.294 e. The molecule has 0 atom stereocenters. The molecular weight excluding hydrogens is 228 g/mol. The lowest BCUT2D eigenvalue weighted by molar-refractivity contribution is 1.14. The van der Waals surface area contributed by atoms with E-state index >= 15 is 0 Å². The number of nitrogens with zero attached hydrogens (tertiary/aromatic N) is 2. The first-order valence-electron chi connectivity index (χ1n) is 5.84. The van der Waals surface area contributed by atoms with E-state index in [0.29, 0.717) is 0 Å². The molecule has 0 amide bonds. The fourth-order valence-corrected chi connectivity index (χ4v) is 2.53. The van der Waals surface area contributed by atoms with Gasteiger partial charge in [0.2, 0.25) is 0 Å². The lowest BCUT2D eigenvalue weighted by atomic mass is 10.1. The predicted molar refractivity (Wildman–Crippen MR) is 74.6 cm³/mol. The number of benzene rings is 1. The van der Waals surface area contributed by atoms with Crippen LogP contribution in [0.1, 0.15) is 19.5 Å². The molecule has 0 N–H and O–H groups in total. The van der Waals surface area contributed by atoms with Crippen molar-refractivity contribution in [3.63, 3.8) is 0 Å². The van der Waals surface area contributed by atoms with Crippen molar-refractivity contribution in [2.24, 2.45) is 0 Å². The molecule has 17 heavy (non-hydrogen) atoms. The summed E-state index contributed by atoms with van der Waals surface area (Å²) in [5.74, 6) is 0. The SMILES string of the molecule is CC.Cc1c(-c2ccccc2)nc2sccn12. The second-order valence-corrected chi connectivity index (χ2v) is 4.34. The minimum Gasteiger partial charge on any atom is -0.294 e. The van der Waals surface area contributed by atoms with Crippen LogP contribution in [-0.2, 0) is 0 Å². The molecule has 0 aliphatic heterocycles. The fraction of sp³-hybridized carbons (Fsp3) is 0.214. The van der Waals surface area contributed by atoms with Gasteiger partial charge in [-0.3, -0.25) is 4.40 Å². The third-order valence-corrected chi connectivity index (χ3v) is 3.30. The highest BCUT2D eigenvalue weighted by Crippen LogP contribution is 2.25. The minimum atomic E-state index is 1.06. The van der Waals surface area contributed by atoms with E-state index in [1.165, 1.54) is 11.3 Å². The Balaban J connectivity index is 0.000000514. The van der Waals surface area contributed by atoms with Gasteiger partial charge in [0.1, 0.15) is 0 Å². The van der Waals surface area contributed by atoms with Crippen LogP contribution in [0, 0.1) is 6.92 Å². The zero-order valence-corrected chi connectivity index (χ0v) is 11.2. The van der Waals surface area contributed by atoms with Crippen LogP contribution in [0.2, 0.25) is 0 Å². The van der Waals surface area contributed by atoms with Gasteiger partial charge in [-0.1, -0.05) is 44.2 Å². The van der Waals surface area contributed by atoms with Gasteiger partial charge in [0.05, 0.1) is 5.69 Å². The number of hydrogen-bond donors (Lipinski definition) is 0. The first-order valence-corrected chi connectivity index (χ1v) is 6.72. The zero-order chi connectivity index (χ0) is 12.3. The van der Waals surface area contributed by atoms with E-state index in [4.69, 9.17) is 0 Å². The Morgan fingerprint density at radius 1 is 1.12 bits per heavy atom. The van der Waals surface area contributed by atoms with Crippen molar-refractivity contribution in [3.05, 3.63) is 47.6 Å². The molecule has 0 spiro atoms. The number of rotatable bonds is 1. The molecule has 88 valence electrons. The van der Waals surface area contributed by atoms with Gasteiger partial charge in [0.15, 0.2) is 4.96 Å². The van der Waals surface area contributed by atoms with Crippen molar-refractivity contribution >= 4 is 16.3 Å². The molecule has 0 unspecified atom stereocenters. The van der Waals surface area contributed by atoms with E-state index < -0.39 is 0 Å². The molecule has 2 aromatic heterocycles. The van der Waals surface area contributed by atoms with Gasteiger partial charge >= 0.3 is 0 Å². The van der Waals surface area contributed by atoms with Crippen LogP contribution in [0.25, 0.3) is 16.2 Å². The van der Waals surface area contributed by atoms with Gasteiger partial charge in [-0.05, 0) is 6.92 Å². The first kappa shape index (κ1) is 11.9. The lowest BCUT2D eigenvalue weighted by Crippen LogP contribution is -1.83. The molecule has 0 saturated heterocycles. The third-order valence-electron chi connectivity index (χ3n) is 2.55. The van der Waals surface area contributed by atoms with Crippen molar-refractivity contribution in [3.8, 4) is 11.3 Å².